The van der Waals surface area contributed by atoms with E-state index in [0.29, 0.717) is 0 Å². The molecule has 1 aromatic heterocycles. The predicted molar refractivity (Wildman–Crippen MR) is 123 cm³/mol. The van der Waals surface area contributed by atoms with Crippen molar-refractivity contribution in [3.63, 3.8) is 0 Å². The van der Waals surface area contributed by atoms with E-state index >= 15 is 0 Å². The van der Waals surface area contributed by atoms with E-state index in [2.05, 4.69) is 53.2 Å². The van der Waals surface area contributed by atoms with Crippen molar-refractivity contribution < 1.29 is 9.47 Å². The second-order valence-electron chi connectivity index (χ2n) is 8.43. The lowest BCUT2D eigenvalue weighted by Gasteiger charge is -2.26. The maximum atomic E-state index is 5.44. The third kappa shape index (κ3) is 6.23. The number of nitrogens with one attached hydrogen (secondary N) is 1. The molecule has 2 saturated heterocycles. The topological polar surface area (TPSA) is 62.8 Å². The Labute approximate surface area is 185 Å². The molecule has 168 valence electrons. The number of ether oxygens (including phenoxy) is 2. The minimum atomic E-state index is 0.789. The number of rotatable bonds is 8. The smallest absolute Gasteiger partial charge is 0.161 e. The van der Waals surface area contributed by atoms with E-state index in [9.17, 15) is 0 Å². The Morgan fingerprint density at radius 3 is 2.19 bits per heavy atom. The molecule has 0 saturated carbocycles. The highest BCUT2D eigenvalue weighted by atomic mass is 16.5. The zero-order valence-electron chi connectivity index (χ0n) is 18.9. The summed E-state index contributed by atoms with van der Waals surface area (Å²) in [6.07, 6.45) is 1.09. The molecule has 0 amide bonds. The fraction of sp³-hybridized carbons (Fsp3) is 0.583. The van der Waals surface area contributed by atoms with Crippen molar-refractivity contribution >= 4 is 5.82 Å². The highest BCUT2D eigenvalue weighted by Crippen LogP contribution is 2.22. The van der Waals surface area contributed by atoms with Crippen molar-refractivity contribution in [3.8, 4) is 11.4 Å². The monoisotopic (exact) mass is 425 g/mol. The molecule has 2 aliphatic heterocycles. The van der Waals surface area contributed by atoms with Crippen LogP contribution in [0, 0.1) is 13.8 Å². The molecule has 1 N–H and O–H groups in total. The number of anilines is 1. The van der Waals surface area contributed by atoms with Crippen LogP contribution in [0.15, 0.2) is 24.3 Å². The Hall–Kier alpha value is -2.06. The lowest BCUT2D eigenvalue weighted by atomic mass is 10.1. The maximum Gasteiger partial charge on any atom is 0.161 e. The van der Waals surface area contributed by atoms with Gasteiger partial charge in [-0.1, -0.05) is 24.3 Å². The van der Waals surface area contributed by atoms with Crippen molar-refractivity contribution in [2.45, 2.75) is 26.8 Å². The Morgan fingerprint density at radius 1 is 0.871 bits per heavy atom. The van der Waals surface area contributed by atoms with Gasteiger partial charge in [0.1, 0.15) is 5.82 Å². The Balaban J connectivity index is 1.36. The van der Waals surface area contributed by atoms with E-state index in [1.54, 1.807) is 0 Å². The Morgan fingerprint density at radius 2 is 1.52 bits per heavy atom. The van der Waals surface area contributed by atoms with Crippen LogP contribution in [0.2, 0.25) is 0 Å². The van der Waals surface area contributed by atoms with Gasteiger partial charge in [-0.15, -0.1) is 0 Å². The number of morpholine rings is 2. The van der Waals surface area contributed by atoms with E-state index in [0.717, 1.165) is 107 Å². The van der Waals surface area contributed by atoms with Gasteiger partial charge in [0.15, 0.2) is 5.82 Å². The number of aromatic nitrogens is 2. The van der Waals surface area contributed by atoms with E-state index in [-0.39, 0.29) is 0 Å². The van der Waals surface area contributed by atoms with Gasteiger partial charge in [0.05, 0.1) is 26.4 Å². The van der Waals surface area contributed by atoms with Crippen LogP contribution in [-0.2, 0) is 16.0 Å². The van der Waals surface area contributed by atoms with E-state index in [1.807, 2.05) is 0 Å². The number of hydrogen-bond donors (Lipinski definition) is 1. The fourth-order valence-electron chi connectivity index (χ4n) is 4.04. The number of benzene rings is 1. The summed E-state index contributed by atoms with van der Waals surface area (Å²) in [5.74, 6) is 1.73. The normalized spacial score (nSPS) is 18.3. The van der Waals surface area contributed by atoms with Gasteiger partial charge in [0.2, 0.25) is 0 Å². The predicted octanol–water partition coefficient (Wildman–Crippen LogP) is 2.73. The minimum Gasteiger partial charge on any atom is -0.379 e. The van der Waals surface area contributed by atoms with Gasteiger partial charge in [-0.25, -0.2) is 9.97 Å². The molecule has 0 radical (unpaired) electrons. The molecule has 2 aliphatic rings. The molecule has 0 atom stereocenters. The molecular weight excluding hydrogens is 390 g/mol. The molecule has 0 spiro atoms. The first-order valence-corrected chi connectivity index (χ1v) is 11.5. The molecular formula is C24H35N5O2. The number of nitrogens with zero attached hydrogens (tertiary/aromatic N) is 4. The summed E-state index contributed by atoms with van der Waals surface area (Å²) in [7, 11) is 0. The molecule has 31 heavy (non-hydrogen) atoms. The van der Waals surface area contributed by atoms with Crippen LogP contribution < -0.4 is 5.32 Å². The first-order valence-electron chi connectivity index (χ1n) is 11.5. The first kappa shape index (κ1) is 22.1. The average Bonchev–Trinajstić information content (AvgIpc) is 2.81. The van der Waals surface area contributed by atoms with E-state index in [1.165, 1.54) is 5.56 Å². The molecule has 2 fully saturated rings. The summed E-state index contributed by atoms with van der Waals surface area (Å²) < 4.78 is 10.9. The van der Waals surface area contributed by atoms with Crippen molar-refractivity contribution in [1.82, 2.24) is 19.8 Å². The Bertz CT molecular complexity index is 831. The molecule has 1 aromatic carbocycles. The van der Waals surface area contributed by atoms with Gasteiger partial charge in [-0.3, -0.25) is 9.80 Å². The van der Waals surface area contributed by atoms with E-state index in [4.69, 9.17) is 19.4 Å². The van der Waals surface area contributed by atoms with Gasteiger partial charge >= 0.3 is 0 Å². The summed E-state index contributed by atoms with van der Waals surface area (Å²) in [6, 6.07) is 8.67. The van der Waals surface area contributed by atoms with Crippen LogP contribution in [0.1, 0.15) is 23.2 Å². The first-order chi connectivity index (χ1) is 15.2. The maximum absolute atomic E-state index is 5.44. The third-order valence-corrected chi connectivity index (χ3v) is 6.16. The molecule has 0 aliphatic carbocycles. The summed E-state index contributed by atoms with van der Waals surface area (Å²) in [5, 5.41) is 3.54. The van der Waals surface area contributed by atoms with Crippen molar-refractivity contribution in [1.29, 1.82) is 0 Å². The van der Waals surface area contributed by atoms with Crippen LogP contribution in [0.25, 0.3) is 11.4 Å². The highest BCUT2D eigenvalue weighted by Gasteiger charge is 2.13. The summed E-state index contributed by atoms with van der Waals surface area (Å²) in [4.78, 5) is 14.5. The lowest BCUT2D eigenvalue weighted by Crippen LogP contribution is -2.37. The van der Waals surface area contributed by atoms with Crippen LogP contribution in [0.5, 0.6) is 0 Å². The molecule has 3 heterocycles. The summed E-state index contributed by atoms with van der Waals surface area (Å²) in [6.45, 7) is 14.6. The second-order valence-corrected chi connectivity index (χ2v) is 8.43. The molecule has 4 rings (SSSR count). The van der Waals surface area contributed by atoms with Crippen molar-refractivity contribution in [2.75, 3.05) is 71.0 Å². The third-order valence-electron chi connectivity index (χ3n) is 6.16. The van der Waals surface area contributed by atoms with Crippen LogP contribution >= 0.6 is 0 Å². The second kappa shape index (κ2) is 11.0. The largest absolute Gasteiger partial charge is 0.379 e. The van der Waals surface area contributed by atoms with Crippen molar-refractivity contribution in [3.05, 3.63) is 41.1 Å². The van der Waals surface area contributed by atoms with Gasteiger partial charge in [-0.2, -0.15) is 0 Å². The van der Waals surface area contributed by atoms with Crippen LogP contribution in [0.4, 0.5) is 5.82 Å². The standard InChI is InChI=1S/C24H35N5O2/c1-19-20(2)26-24(27-23(19)25-8-3-9-28-10-14-30-15-11-28)22-6-4-21(5-7-22)18-29-12-16-31-17-13-29/h4-7H,3,8-18H2,1-2H3,(H,25,26,27). The summed E-state index contributed by atoms with van der Waals surface area (Å²) in [5.41, 5.74) is 4.53. The fourth-order valence-corrected chi connectivity index (χ4v) is 4.04. The van der Waals surface area contributed by atoms with Gasteiger partial charge in [0, 0.05) is 56.1 Å². The van der Waals surface area contributed by atoms with Crippen molar-refractivity contribution in [2.24, 2.45) is 0 Å². The van der Waals surface area contributed by atoms with Crippen LogP contribution in [0.3, 0.4) is 0 Å². The molecule has 7 heteroatoms. The van der Waals surface area contributed by atoms with E-state index < -0.39 is 0 Å². The molecule has 0 bridgehead atoms. The quantitative estimate of drug-likeness (QED) is 0.653. The summed E-state index contributed by atoms with van der Waals surface area (Å²) >= 11 is 0. The SMILES string of the molecule is Cc1nc(-c2ccc(CN3CCOCC3)cc2)nc(NCCCN2CCOCC2)c1C. The Kier molecular flexibility index (Phi) is 7.86. The average molecular weight is 426 g/mol. The minimum absolute atomic E-state index is 0.789. The lowest BCUT2D eigenvalue weighted by molar-refractivity contribution is 0.0342. The van der Waals surface area contributed by atoms with Gasteiger partial charge < -0.3 is 14.8 Å². The molecule has 7 nitrogen and oxygen atoms in total. The van der Waals surface area contributed by atoms with Gasteiger partial charge in [0.25, 0.3) is 0 Å². The molecule has 2 aromatic rings. The number of hydrogen-bond acceptors (Lipinski definition) is 7. The molecule has 0 unspecified atom stereocenters. The zero-order chi connectivity index (χ0) is 21.5. The zero-order valence-corrected chi connectivity index (χ0v) is 18.9. The highest BCUT2D eigenvalue weighted by molar-refractivity contribution is 5.60. The van der Waals surface area contributed by atoms with Gasteiger partial charge in [-0.05, 0) is 32.4 Å². The number of aryl methyl sites for hydroxylation is 1. The van der Waals surface area contributed by atoms with Crippen LogP contribution in [-0.4, -0.2) is 85.5 Å².